The topological polar surface area (TPSA) is 107 Å². The van der Waals surface area contributed by atoms with E-state index < -0.39 is 70.3 Å². The van der Waals surface area contributed by atoms with Crippen LogP contribution < -0.4 is 0 Å². The van der Waals surface area contributed by atoms with Crippen molar-refractivity contribution in [3.63, 3.8) is 0 Å². The minimum atomic E-state index is -5.27. The molecule has 0 aromatic rings. The molecule has 38 heavy (non-hydrogen) atoms. The molecule has 0 aromatic carbocycles. The normalized spacial score (nSPS) is 41.8. The first-order chi connectivity index (χ1) is 17.5. The van der Waals surface area contributed by atoms with Gasteiger partial charge in [-0.25, -0.2) is 4.79 Å². The SMILES string of the molecule is C=C[C@]12C(CCC3=CC(=O)C=C[C@@]31C)C1C[C@H](C)[C@](O)(C(=O)COC(C)=O)[C@@]1(C)C[C@@H]2OC(=O)C(F)(F)F. The largest absolute Gasteiger partial charge is 0.490 e. The van der Waals surface area contributed by atoms with Crippen LogP contribution in [0.15, 0.2) is 36.5 Å². The number of alkyl halides is 3. The van der Waals surface area contributed by atoms with E-state index >= 15 is 0 Å². The second kappa shape index (κ2) is 8.89. The lowest BCUT2D eigenvalue weighted by Crippen LogP contribution is -2.67. The predicted octanol–water partition coefficient (Wildman–Crippen LogP) is 4.04. The Bertz CT molecular complexity index is 1160. The molecule has 4 aliphatic rings. The average Bonchev–Trinajstić information content (AvgIpc) is 3.03. The molecule has 2 unspecified atom stereocenters. The van der Waals surface area contributed by atoms with Gasteiger partial charge in [0.05, 0.1) is 0 Å². The maximum Gasteiger partial charge on any atom is 0.490 e. The van der Waals surface area contributed by atoms with Gasteiger partial charge in [0.1, 0.15) is 11.7 Å². The number of carbonyl (C=O) groups excluding carboxylic acids is 4. The summed E-state index contributed by atoms with van der Waals surface area (Å²) in [6.45, 7) is 9.59. The van der Waals surface area contributed by atoms with Gasteiger partial charge < -0.3 is 14.6 Å². The summed E-state index contributed by atoms with van der Waals surface area (Å²) in [6.07, 6.45) is 0.350. The van der Waals surface area contributed by atoms with E-state index in [4.69, 9.17) is 9.47 Å². The van der Waals surface area contributed by atoms with Crippen molar-refractivity contribution < 1.29 is 46.9 Å². The lowest BCUT2D eigenvalue weighted by Gasteiger charge is -2.66. The standard InChI is InChI=1S/C28H33F3O7/c1-6-26-19(8-7-17-12-18(33)9-10-24(17,26)4)20-11-15(2)27(36,21(34)14-37-16(3)32)25(20,5)13-22(26)38-23(35)28(29,30)31/h6,9-10,12,15,19-20,22,36H,1,7-8,11,13-14H2,2-5H3/t15-,19?,20?,22-,24-,25-,26+,27-/m0/s1. The van der Waals surface area contributed by atoms with Gasteiger partial charge in [-0.15, -0.1) is 6.58 Å². The predicted molar refractivity (Wildman–Crippen MR) is 128 cm³/mol. The van der Waals surface area contributed by atoms with Crippen molar-refractivity contribution in [1.82, 2.24) is 0 Å². The van der Waals surface area contributed by atoms with Gasteiger partial charge in [-0.2, -0.15) is 13.2 Å². The Balaban J connectivity index is 1.90. The molecular formula is C28H33F3O7. The molecule has 8 atom stereocenters. The summed E-state index contributed by atoms with van der Waals surface area (Å²) in [6, 6.07) is 0. The summed E-state index contributed by atoms with van der Waals surface area (Å²) < 4.78 is 50.6. The molecule has 4 rings (SSSR count). The molecule has 0 amide bonds. The summed E-state index contributed by atoms with van der Waals surface area (Å²) in [5.74, 6) is -5.50. The number of halogens is 3. The molecule has 0 bridgehead atoms. The third-order valence-corrected chi connectivity index (χ3v) is 10.1. The molecule has 0 aliphatic heterocycles. The zero-order valence-electron chi connectivity index (χ0n) is 21.9. The molecule has 0 saturated heterocycles. The highest BCUT2D eigenvalue weighted by Crippen LogP contribution is 2.73. The van der Waals surface area contributed by atoms with Crippen molar-refractivity contribution in [3.05, 3.63) is 36.5 Å². The van der Waals surface area contributed by atoms with Crippen LogP contribution in [-0.4, -0.2) is 53.1 Å². The molecule has 0 aromatic heterocycles. The lowest BCUT2D eigenvalue weighted by atomic mass is 9.39. The number of fused-ring (bicyclic) bond motifs is 5. The fourth-order valence-corrected chi connectivity index (χ4v) is 8.35. The van der Waals surface area contributed by atoms with E-state index in [2.05, 4.69) is 6.58 Å². The number of rotatable bonds is 5. The maximum absolute atomic E-state index is 13.5. The first kappa shape index (κ1) is 28.3. The fourth-order valence-electron chi connectivity index (χ4n) is 8.35. The third kappa shape index (κ3) is 3.66. The number of Topliss-reactive ketones (excluding diaryl/α,β-unsaturated/α-hetero) is 1. The van der Waals surface area contributed by atoms with Crippen LogP contribution >= 0.6 is 0 Å². The molecule has 3 fully saturated rings. The van der Waals surface area contributed by atoms with Crippen LogP contribution in [0.4, 0.5) is 13.2 Å². The molecule has 4 aliphatic carbocycles. The van der Waals surface area contributed by atoms with Crippen LogP contribution in [0.25, 0.3) is 0 Å². The summed E-state index contributed by atoms with van der Waals surface area (Å²) in [5.41, 5.74) is -4.87. The number of ether oxygens (including phenoxy) is 2. The molecular weight excluding hydrogens is 505 g/mol. The van der Waals surface area contributed by atoms with Crippen molar-refractivity contribution in [2.24, 2.45) is 34.0 Å². The minimum absolute atomic E-state index is 0.237. The van der Waals surface area contributed by atoms with Crippen molar-refractivity contribution >= 4 is 23.5 Å². The molecule has 10 heteroatoms. The van der Waals surface area contributed by atoms with Crippen LogP contribution in [0.3, 0.4) is 0 Å². The van der Waals surface area contributed by atoms with Gasteiger partial charge >= 0.3 is 18.1 Å². The summed E-state index contributed by atoms with van der Waals surface area (Å²) >= 11 is 0. The number of hydrogen-bond acceptors (Lipinski definition) is 7. The number of ketones is 2. The number of carbonyl (C=O) groups is 4. The Morgan fingerprint density at radius 2 is 1.89 bits per heavy atom. The second-order valence-corrected chi connectivity index (χ2v) is 11.6. The zero-order valence-corrected chi connectivity index (χ0v) is 21.9. The highest BCUT2D eigenvalue weighted by Gasteiger charge is 2.75. The molecule has 208 valence electrons. The fraction of sp³-hybridized carbons (Fsp3) is 0.643. The van der Waals surface area contributed by atoms with Crippen LogP contribution in [0.5, 0.6) is 0 Å². The Kier molecular flexibility index (Phi) is 6.61. The van der Waals surface area contributed by atoms with E-state index in [1.54, 1.807) is 26.0 Å². The molecule has 0 spiro atoms. The maximum atomic E-state index is 13.5. The van der Waals surface area contributed by atoms with E-state index in [-0.39, 0.29) is 18.1 Å². The van der Waals surface area contributed by atoms with Gasteiger partial charge in [0.2, 0.25) is 5.78 Å². The number of esters is 2. The van der Waals surface area contributed by atoms with Gasteiger partial charge in [-0.1, -0.05) is 38.5 Å². The van der Waals surface area contributed by atoms with Crippen LogP contribution in [0.1, 0.15) is 53.4 Å². The molecule has 1 N–H and O–H groups in total. The molecule has 3 saturated carbocycles. The lowest BCUT2D eigenvalue weighted by molar-refractivity contribution is -0.237. The van der Waals surface area contributed by atoms with Crippen LogP contribution in [-0.2, 0) is 28.7 Å². The van der Waals surface area contributed by atoms with Gasteiger partial charge in [-0.05, 0) is 55.6 Å². The monoisotopic (exact) mass is 538 g/mol. The van der Waals surface area contributed by atoms with E-state index in [1.165, 1.54) is 12.2 Å². The summed E-state index contributed by atoms with van der Waals surface area (Å²) in [5, 5.41) is 12.0. The quantitative estimate of drug-likeness (QED) is 0.416. The van der Waals surface area contributed by atoms with Crippen LogP contribution in [0.2, 0.25) is 0 Å². The van der Waals surface area contributed by atoms with Crippen molar-refractivity contribution in [2.45, 2.75) is 71.3 Å². The van der Waals surface area contributed by atoms with Gasteiger partial charge in [0, 0.05) is 23.2 Å². The molecule has 7 nitrogen and oxygen atoms in total. The molecule has 0 radical (unpaired) electrons. The second-order valence-electron chi connectivity index (χ2n) is 11.6. The van der Waals surface area contributed by atoms with Gasteiger partial charge in [0.15, 0.2) is 12.4 Å². The molecule has 0 heterocycles. The third-order valence-electron chi connectivity index (χ3n) is 10.1. The van der Waals surface area contributed by atoms with E-state index in [9.17, 15) is 37.5 Å². The number of allylic oxidation sites excluding steroid dienone is 4. The van der Waals surface area contributed by atoms with Crippen LogP contribution in [0, 0.1) is 34.0 Å². The average molecular weight is 539 g/mol. The highest BCUT2D eigenvalue weighted by atomic mass is 19.4. The van der Waals surface area contributed by atoms with Crippen molar-refractivity contribution in [3.8, 4) is 0 Å². The van der Waals surface area contributed by atoms with Crippen molar-refractivity contribution in [1.29, 1.82) is 0 Å². The number of hydrogen-bond donors (Lipinski definition) is 1. The Morgan fingerprint density at radius 1 is 1.24 bits per heavy atom. The smallest absolute Gasteiger partial charge is 0.458 e. The summed E-state index contributed by atoms with van der Waals surface area (Å²) in [4.78, 5) is 49.2. The number of aliphatic hydroxyl groups is 1. The first-order valence-electron chi connectivity index (χ1n) is 12.7. The Morgan fingerprint density at radius 3 is 2.47 bits per heavy atom. The van der Waals surface area contributed by atoms with Gasteiger partial charge in [0.25, 0.3) is 0 Å². The van der Waals surface area contributed by atoms with Crippen molar-refractivity contribution in [2.75, 3.05) is 6.61 Å². The minimum Gasteiger partial charge on any atom is -0.458 e. The first-order valence-corrected chi connectivity index (χ1v) is 12.7. The van der Waals surface area contributed by atoms with Gasteiger partial charge in [-0.3, -0.25) is 14.4 Å². The van der Waals surface area contributed by atoms with E-state index in [1.807, 2.05) is 6.92 Å². The Labute approximate surface area is 219 Å². The summed E-state index contributed by atoms with van der Waals surface area (Å²) in [7, 11) is 0. The van der Waals surface area contributed by atoms with E-state index in [0.717, 1.165) is 6.92 Å². The Hall–Kier alpha value is -2.75. The highest BCUT2D eigenvalue weighted by molar-refractivity contribution is 6.01. The zero-order chi connectivity index (χ0) is 28.5. The van der Waals surface area contributed by atoms with E-state index in [0.29, 0.717) is 24.8 Å².